The van der Waals surface area contributed by atoms with E-state index in [0.717, 1.165) is 0 Å². The molecule has 33 heavy (non-hydrogen) atoms. The lowest BCUT2D eigenvalue weighted by Crippen LogP contribution is -2.14. The molecule has 7 rings (SSSR count). The van der Waals surface area contributed by atoms with Crippen molar-refractivity contribution < 1.29 is 0 Å². The van der Waals surface area contributed by atoms with Gasteiger partial charge in [-0.2, -0.15) is 0 Å². The maximum absolute atomic E-state index is 2.42. The second kappa shape index (κ2) is 6.56. The first-order valence-corrected chi connectivity index (χ1v) is 11.7. The van der Waals surface area contributed by atoms with Crippen molar-refractivity contribution in [2.45, 2.75) is 19.3 Å². The van der Waals surface area contributed by atoms with Gasteiger partial charge in [-0.1, -0.05) is 111 Å². The molecule has 0 saturated heterocycles. The minimum Gasteiger partial charge on any atom is -0.0619 e. The van der Waals surface area contributed by atoms with Crippen LogP contribution in [-0.2, 0) is 5.41 Å². The van der Waals surface area contributed by atoms with Crippen molar-refractivity contribution in [3.8, 4) is 22.3 Å². The van der Waals surface area contributed by atoms with Gasteiger partial charge in [-0.05, 0) is 77.8 Å². The van der Waals surface area contributed by atoms with Crippen molar-refractivity contribution >= 4 is 32.3 Å². The number of fused-ring (bicyclic) bond motifs is 8. The molecule has 1 aliphatic carbocycles. The monoisotopic (exact) mass is 420 g/mol. The van der Waals surface area contributed by atoms with Crippen molar-refractivity contribution in [1.82, 2.24) is 0 Å². The molecular weight excluding hydrogens is 396 g/mol. The summed E-state index contributed by atoms with van der Waals surface area (Å²) in [4.78, 5) is 0. The standard InChI is InChI=1S/C33H24/c1-33(2)30-14-8-7-13-26(30)29-20-23(16-18-31(29)33)28-19-22-10-4-6-12-25(22)32-24-11-5-3-9-21(24)15-17-27(28)32/h3-20H,1-2H3. The van der Waals surface area contributed by atoms with Gasteiger partial charge in [0.05, 0.1) is 0 Å². The van der Waals surface area contributed by atoms with E-state index in [2.05, 4.69) is 123 Å². The molecule has 6 aromatic rings. The normalized spacial score (nSPS) is 14.0. The maximum Gasteiger partial charge on any atom is 0.0158 e. The Hall–Kier alpha value is -3.90. The van der Waals surface area contributed by atoms with Gasteiger partial charge in [0, 0.05) is 5.41 Å². The molecule has 0 radical (unpaired) electrons. The van der Waals surface area contributed by atoms with Crippen LogP contribution in [0.3, 0.4) is 0 Å². The van der Waals surface area contributed by atoms with E-state index in [1.165, 1.54) is 65.7 Å². The molecule has 0 N–H and O–H groups in total. The van der Waals surface area contributed by atoms with Crippen LogP contribution in [0.4, 0.5) is 0 Å². The fourth-order valence-corrected chi connectivity index (χ4v) is 6.00. The average Bonchev–Trinajstić information content (AvgIpc) is 3.09. The first-order chi connectivity index (χ1) is 16.1. The van der Waals surface area contributed by atoms with Gasteiger partial charge in [0.2, 0.25) is 0 Å². The lowest BCUT2D eigenvalue weighted by Gasteiger charge is -2.21. The Morgan fingerprint density at radius 2 is 1.12 bits per heavy atom. The summed E-state index contributed by atoms with van der Waals surface area (Å²) in [6, 6.07) is 40.5. The summed E-state index contributed by atoms with van der Waals surface area (Å²) in [5.41, 5.74) is 8.21. The van der Waals surface area contributed by atoms with E-state index in [9.17, 15) is 0 Å². The lowest BCUT2D eigenvalue weighted by molar-refractivity contribution is 0.660. The topological polar surface area (TPSA) is 0 Å². The zero-order valence-electron chi connectivity index (χ0n) is 18.9. The second-order valence-corrected chi connectivity index (χ2v) is 9.79. The molecular formula is C33H24. The third-order valence-electron chi connectivity index (χ3n) is 7.64. The van der Waals surface area contributed by atoms with Gasteiger partial charge < -0.3 is 0 Å². The Morgan fingerprint density at radius 3 is 1.97 bits per heavy atom. The van der Waals surface area contributed by atoms with E-state index in [1.807, 2.05) is 0 Å². The van der Waals surface area contributed by atoms with E-state index in [4.69, 9.17) is 0 Å². The predicted molar refractivity (Wildman–Crippen MR) is 142 cm³/mol. The summed E-state index contributed by atoms with van der Waals surface area (Å²) in [5, 5.41) is 7.89. The molecule has 0 amide bonds. The molecule has 0 heterocycles. The third-order valence-corrected chi connectivity index (χ3v) is 7.64. The van der Waals surface area contributed by atoms with Crippen LogP contribution in [0.15, 0.2) is 109 Å². The smallest absolute Gasteiger partial charge is 0.0158 e. The van der Waals surface area contributed by atoms with Crippen molar-refractivity contribution in [2.75, 3.05) is 0 Å². The number of benzene rings is 6. The van der Waals surface area contributed by atoms with Gasteiger partial charge in [-0.15, -0.1) is 0 Å². The van der Waals surface area contributed by atoms with Crippen LogP contribution in [0.25, 0.3) is 54.6 Å². The van der Waals surface area contributed by atoms with E-state index >= 15 is 0 Å². The molecule has 0 fully saturated rings. The summed E-state index contributed by atoms with van der Waals surface area (Å²) in [7, 11) is 0. The van der Waals surface area contributed by atoms with Crippen molar-refractivity contribution in [2.24, 2.45) is 0 Å². The SMILES string of the molecule is CC1(C)c2ccccc2-c2cc(-c3cc4ccccc4c4c3ccc3ccccc34)ccc21. The zero-order valence-corrected chi connectivity index (χ0v) is 18.9. The molecule has 0 spiro atoms. The Bertz CT molecular complexity index is 1720. The molecule has 0 nitrogen and oxygen atoms in total. The highest BCUT2D eigenvalue weighted by atomic mass is 14.4. The fraction of sp³-hybridized carbons (Fsp3) is 0.0909. The van der Waals surface area contributed by atoms with Crippen LogP contribution in [0, 0.1) is 0 Å². The molecule has 1 aliphatic rings. The Labute approximate surface area is 194 Å². The molecule has 0 aromatic heterocycles. The van der Waals surface area contributed by atoms with Crippen molar-refractivity contribution in [3.05, 3.63) is 120 Å². The quantitative estimate of drug-likeness (QED) is 0.233. The van der Waals surface area contributed by atoms with Crippen LogP contribution in [0.2, 0.25) is 0 Å². The highest BCUT2D eigenvalue weighted by Gasteiger charge is 2.35. The molecule has 0 saturated carbocycles. The van der Waals surface area contributed by atoms with E-state index in [-0.39, 0.29) is 5.41 Å². The Kier molecular flexibility index (Phi) is 3.71. The first kappa shape index (κ1) is 18.7. The second-order valence-electron chi connectivity index (χ2n) is 9.79. The Balaban J connectivity index is 1.58. The summed E-state index contributed by atoms with van der Waals surface area (Å²) in [6.07, 6.45) is 0. The van der Waals surface area contributed by atoms with Gasteiger partial charge >= 0.3 is 0 Å². The van der Waals surface area contributed by atoms with Gasteiger partial charge in [0.15, 0.2) is 0 Å². The van der Waals surface area contributed by atoms with Gasteiger partial charge in [-0.3, -0.25) is 0 Å². The van der Waals surface area contributed by atoms with E-state index < -0.39 is 0 Å². The molecule has 0 heteroatoms. The number of rotatable bonds is 1. The Morgan fingerprint density at radius 1 is 0.455 bits per heavy atom. The van der Waals surface area contributed by atoms with Crippen LogP contribution in [0.5, 0.6) is 0 Å². The van der Waals surface area contributed by atoms with Crippen molar-refractivity contribution in [3.63, 3.8) is 0 Å². The van der Waals surface area contributed by atoms with Crippen LogP contribution >= 0.6 is 0 Å². The number of hydrogen-bond acceptors (Lipinski definition) is 0. The number of hydrogen-bond donors (Lipinski definition) is 0. The fourth-order valence-electron chi connectivity index (χ4n) is 6.00. The van der Waals surface area contributed by atoms with E-state index in [1.54, 1.807) is 0 Å². The molecule has 0 unspecified atom stereocenters. The summed E-state index contributed by atoms with van der Waals surface area (Å²) in [5.74, 6) is 0. The minimum atomic E-state index is 0.0338. The maximum atomic E-state index is 2.42. The highest BCUT2D eigenvalue weighted by Crippen LogP contribution is 2.50. The largest absolute Gasteiger partial charge is 0.0619 e. The average molecular weight is 421 g/mol. The summed E-state index contributed by atoms with van der Waals surface area (Å²) >= 11 is 0. The lowest BCUT2D eigenvalue weighted by atomic mass is 9.82. The molecule has 156 valence electrons. The third kappa shape index (κ3) is 2.52. The highest BCUT2D eigenvalue weighted by molar-refractivity contribution is 6.24. The molecule has 0 bridgehead atoms. The van der Waals surface area contributed by atoms with Gasteiger partial charge in [0.25, 0.3) is 0 Å². The zero-order chi connectivity index (χ0) is 22.2. The molecule has 0 atom stereocenters. The van der Waals surface area contributed by atoms with Crippen LogP contribution in [-0.4, -0.2) is 0 Å². The minimum absolute atomic E-state index is 0.0338. The van der Waals surface area contributed by atoms with Gasteiger partial charge in [0.1, 0.15) is 0 Å². The summed E-state index contributed by atoms with van der Waals surface area (Å²) < 4.78 is 0. The molecule has 0 aliphatic heterocycles. The van der Waals surface area contributed by atoms with Crippen LogP contribution < -0.4 is 0 Å². The van der Waals surface area contributed by atoms with E-state index in [0.29, 0.717) is 0 Å². The predicted octanol–water partition coefficient (Wildman–Crippen LogP) is 9.12. The molecule has 6 aromatic carbocycles. The summed E-state index contributed by atoms with van der Waals surface area (Å²) in [6.45, 7) is 4.68. The van der Waals surface area contributed by atoms with Crippen molar-refractivity contribution in [1.29, 1.82) is 0 Å². The van der Waals surface area contributed by atoms with Crippen LogP contribution in [0.1, 0.15) is 25.0 Å². The first-order valence-electron chi connectivity index (χ1n) is 11.7. The van der Waals surface area contributed by atoms with Gasteiger partial charge in [-0.25, -0.2) is 0 Å².